The summed E-state index contributed by atoms with van der Waals surface area (Å²) >= 11 is -1.05. The zero-order valence-corrected chi connectivity index (χ0v) is 20.3. The van der Waals surface area contributed by atoms with Crippen molar-refractivity contribution in [2.24, 2.45) is 5.73 Å². The van der Waals surface area contributed by atoms with Gasteiger partial charge >= 0.3 is 0 Å². The molecule has 2 amide bonds. The van der Waals surface area contributed by atoms with E-state index < -0.39 is 17.1 Å². The Morgan fingerprint density at radius 1 is 1.17 bits per heavy atom. The summed E-state index contributed by atoms with van der Waals surface area (Å²) in [6.45, 7) is 0.653. The van der Waals surface area contributed by atoms with Gasteiger partial charge in [-0.15, -0.1) is 0 Å². The first-order valence-electron chi connectivity index (χ1n) is 11.2. The number of hydrogen-bond donors (Lipinski definition) is 1. The van der Waals surface area contributed by atoms with Crippen molar-refractivity contribution in [3.05, 3.63) is 64.8 Å². The molecular weight excluding hydrogens is 466 g/mol. The van der Waals surface area contributed by atoms with Gasteiger partial charge < -0.3 is 24.8 Å². The van der Waals surface area contributed by atoms with Crippen LogP contribution in [0.1, 0.15) is 27.2 Å². The van der Waals surface area contributed by atoms with Gasteiger partial charge in [-0.1, -0.05) is 18.2 Å². The number of likely N-dealkylation sites (N-methyl/N-ethyl adjacent to an activating group) is 1. The number of nitrogens with zero attached hydrogens (tertiary/aromatic N) is 4. The van der Waals surface area contributed by atoms with E-state index >= 15 is 0 Å². The van der Waals surface area contributed by atoms with Gasteiger partial charge in [0.1, 0.15) is 28.8 Å². The zero-order chi connectivity index (χ0) is 24.7. The van der Waals surface area contributed by atoms with E-state index in [1.807, 2.05) is 24.3 Å². The second-order valence-electron chi connectivity index (χ2n) is 8.74. The first kappa shape index (κ1) is 23.1. The maximum atomic E-state index is 12.5. The van der Waals surface area contributed by atoms with Crippen LogP contribution in [0.15, 0.2) is 42.5 Å². The van der Waals surface area contributed by atoms with Gasteiger partial charge in [0.25, 0.3) is 5.91 Å². The first-order valence-corrected chi connectivity index (χ1v) is 12.7. The molecule has 9 nitrogen and oxygen atoms in total. The summed E-state index contributed by atoms with van der Waals surface area (Å²) < 4.78 is 18.2. The van der Waals surface area contributed by atoms with E-state index in [9.17, 15) is 14.1 Å². The fourth-order valence-corrected chi connectivity index (χ4v) is 5.52. The number of carbonyl (C=O) groups excluding carboxylic acids is 2. The van der Waals surface area contributed by atoms with Crippen molar-refractivity contribution in [2.75, 3.05) is 32.1 Å². The Balaban J connectivity index is 1.54. The molecule has 35 heavy (non-hydrogen) atoms. The average Bonchev–Trinajstić information content (AvgIpc) is 3.44. The SMILES string of the molecule is CN(C)C(=O)COc1ccc2c(c1)N(c1nc(-c3cccc(C(N)=O)c3)nc3c1C[S+]([O-])C3)CC2. The highest BCUT2D eigenvalue weighted by Crippen LogP contribution is 2.41. The maximum Gasteiger partial charge on any atom is 0.259 e. The number of rotatable bonds is 6. The number of amides is 2. The van der Waals surface area contributed by atoms with E-state index in [2.05, 4.69) is 4.90 Å². The predicted molar refractivity (Wildman–Crippen MR) is 133 cm³/mol. The van der Waals surface area contributed by atoms with Crippen LogP contribution in [0.25, 0.3) is 11.4 Å². The van der Waals surface area contributed by atoms with Crippen molar-refractivity contribution in [3.8, 4) is 17.1 Å². The van der Waals surface area contributed by atoms with Crippen LogP contribution < -0.4 is 15.4 Å². The molecule has 1 atom stereocenters. The second-order valence-corrected chi connectivity index (χ2v) is 10.2. The van der Waals surface area contributed by atoms with Crippen molar-refractivity contribution in [1.82, 2.24) is 14.9 Å². The van der Waals surface area contributed by atoms with Crippen LogP contribution in [-0.2, 0) is 33.9 Å². The molecule has 5 rings (SSSR count). The van der Waals surface area contributed by atoms with Crippen molar-refractivity contribution in [3.63, 3.8) is 0 Å². The second kappa shape index (κ2) is 9.20. The Bertz CT molecular complexity index is 1330. The van der Waals surface area contributed by atoms with Crippen molar-refractivity contribution in [1.29, 1.82) is 0 Å². The molecule has 3 aromatic rings. The van der Waals surface area contributed by atoms with Gasteiger partial charge in [-0.25, -0.2) is 9.97 Å². The summed E-state index contributed by atoms with van der Waals surface area (Å²) in [6.07, 6.45) is 0.820. The standard InChI is InChI=1S/C25H25N5O4S/c1-29(2)22(31)12-34-18-7-6-15-8-9-30(21(15)11-18)25-19-13-35(33)14-20(19)27-24(28-25)17-5-3-4-16(10-17)23(26)32/h3-7,10-11H,8-9,12-14H2,1-2H3,(H2,26,32). The minimum atomic E-state index is -1.05. The Labute approximate surface area is 206 Å². The van der Waals surface area contributed by atoms with Gasteiger partial charge in [0.2, 0.25) is 5.91 Å². The highest BCUT2D eigenvalue weighted by Gasteiger charge is 2.34. The lowest BCUT2D eigenvalue weighted by atomic mass is 10.1. The van der Waals surface area contributed by atoms with Gasteiger partial charge in [0.15, 0.2) is 12.4 Å². The lowest BCUT2D eigenvalue weighted by Crippen LogP contribution is -2.27. The fourth-order valence-electron chi connectivity index (χ4n) is 4.26. The molecule has 0 radical (unpaired) electrons. The van der Waals surface area contributed by atoms with Crippen LogP contribution >= 0.6 is 0 Å². The van der Waals surface area contributed by atoms with Crippen LogP contribution in [0.3, 0.4) is 0 Å². The van der Waals surface area contributed by atoms with Gasteiger partial charge in [-0.3, -0.25) is 9.59 Å². The van der Waals surface area contributed by atoms with Gasteiger partial charge in [0, 0.05) is 43.5 Å². The Morgan fingerprint density at radius 3 is 2.77 bits per heavy atom. The largest absolute Gasteiger partial charge is 0.616 e. The molecule has 1 unspecified atom stereocenters. The predicted octanol–water partition coefficient (Wildman–Crippen LogP) is 2.17. The monoisotopic (exact) mass is 491 g/mol. The highest BCUT2D eigenvalue weighted by atomic mass is 32.2. The third-order valence-corrected chi connectivity index (χ3v) is 7.35. The molecule has 0 spiro atoms. The van der Waals surface area contributed by atoms with E-state index in [0.717, 1.165) is 28.9 Å². The Morgan fingerprint density at radius 2 is 2.00 bits per heavy atom. The van der Waals surface area contributed by atoms with E-state index in [1.54, 1.807) is 32.3 Å². The molecule has 0 saturated carbocycles. The third kappa shape index (κ3) is 4.54. The van der Waals surface area contributed by atoms with Gasteiger partial charge in [-0.05, 0) is 41.4 Å². The summed E-state index contributed by atoms with van der Waals surface area (Å²) in [5.74, 6) is 1.87. The van der Waals surface area contributed by atoms with Crippen LogP contribution in [0, 0.1) is 0 Å². The fraction of sp³-hybridized carbons (Fsp3) is 0.280. The number of benzene rings is 2. The summed E-state index contributed by atoms with van der Waals surface area (Å²) in [7, 11) is 3.37. The number of ether oxygens (including phenoxy) is 1. The number of carbonyl (C=O) groups is 2. The molecule has 0 aliphatic carbocycles. The summed E-state index contributed by atoms with van der Waals surface area (Å²) in [5, 5.41) is 0. The molecule has 180 valence electrons. The topological polar surface area (TPSA) is 125 Å². The molecule has 0 fully saturated rings. The first-order chi connectivity index (χ1) is 16.8. The van der Waals surface area contributed by atoms with Gasteiger partial charge in [0.05, 0.1) is 5.56 Å². The minimum absolute atomic E-state index is 0.0476. The highest BCUT2D eigenvalue weighted by molar-refractivity contribution is 7.90. The van der Waals surface area contributed by atoms with E-state index in [-0.39, 0.29) is 12.5 Å². The Hall–Kier alpha value is -3.63. The van der Waals surface area contributed by atoms with Crippen LogP contribution in [-0.4, -0.2) is 58.5 Å². The molecule has 2 aromatic carbocycles. The van der Waals surface area contributed by atoms with Crippen molar-refractivity contribution < 1.29 is 18.9 Å². The molecule has 1 aromatic heterocycles. The number of fused-ring (bicyclic) bond motifs is 2. The molecule has 3 heterocycles. The number of aromatic nitrogens is 2. The van der Waals surface area contributed by atoms with E-state index in [0.29, 0.717) is 46.6 Å². The molecule has 0 saturated heterocycles. The van der Waals surface area contributed by atoms with Crippen molar-refractivity contribution >= 4 is 34.5 Å². The maximum absolute atomic E-state index is 12.5. The zero-order valence-electron chi connectivity index (χ0n) is 19.5. The average molecular weight is 492 g/mol. The van der Waals surface area contributed by atoms with Crippen molar-refractivity contribution in [2.45, 2.75) is 17.9 Å². The lowest BCUT2D eigenvalue weighted by molar-refractivity contribution is -0.130. The summed E-state index contributed by atoms with van der Waals surface area (Å²) in [6, 6.07) is 12.7. The number of nitrogens with two attached hydrogens (primary N) is 1. The summed E-state index contributed by atoms with van der Waals surface area (Å²) in [4.78, 5) is 36.8. The smallest absolute Gasteiger partial charge is 0.259 e. The quantitative estimate of drug-likeness (QED) is 0.524. The molecule has 2 aliphatic heterocycles. The Kier molecular flexibility index (Phi) is 6.08. The van der Waals surface area contributed by atoms with Crippen LogP contribution in [0.2, 0.25) is 0 Å². The number of anilines is 2. The van der Waals surface area contributed by atoms with E-state index in [4.69, 9.17) is 20.4 Å². The van der Waals surface area contributed by atoms with Crippen LogP contribution in [0.5, 0.6) is 5.75 Å². The lowest BCUT2D eigenvalue weighted by Gasteiger charge is -2.22. The summed E-state index contributed by atoms with van der Waals surface area (Å²) in [5.41, 5.74) is 10.2. The van der Waals surface area contributed by atoms with E-state index in [1.165, 1.54) is 4.90 Å². The molecule has 2 N–H and O–H groups in total. The van der Waals surface area contributed by atoms with Gasteiger partial charge in [-0.2, -0.15) is 0 Å². The molecule has 0 bridgehead atoms. The minimum Gasteiger partial charge on any atom is -0.616 e. The van der Waals surface area contributed by atoms with Crippen LogP contribution in [0.4, 0.5) is 11.5 Å². The molecule has 10 heteroatoms. The molecule has 2 aliphatic rings. The number of hydrogen-bond acceptors (Lipinski definition) is 7. The number of primary amides is 1. The molecular formula is C25H25N5O4S. The normalized spacial score (nSPS) is 16.1. The third-order valence-electron chi connectivity index (χ3n) is 6.15.